The number of benzene rings is 1. The molecule has 8 heteroatoms. The zero-order chi connectivity index (χ0) is 17.5. The lowest BCUT2D eigenvalue weighted by molar-refractivity contribution is 0.0566. The average Bonchev–Trinajstić information content (AvgIpc) is 2.87. The van der Waals surface area contributed by atoms with Gasteiger partial charge in [0.2, 0.25) is 0 Å². The van der Waals surface area contributed by atoms with E-state index < -0.39 is 11.6 Å². The van der Waals surface area contributed by atoms with E-state index in [2.05, 4.69) is 10.1 Å². The second-order valence-electron chi connectivity index (χ2n) is 5.20. The number of alkyl halides is 2. The zero-order valence-electron chi connectivity index (χ0n) is 12.4. The summed E-state index contributed by atoms with van der Waals surface area (Å²) < 4.78 is 28.7. The molecule has 0 saturated heterocycles. The van der Waals surface area contributed by atoms with Gasteiger partial charge in [-0.1, -0.05) is 29.3 Å². The van der Waals surface area contributed by atoms with E-state index in [-0.39, 0.29) is 12.2 Å². The summed E-state index contributed by atoms with van der Waals surface area (Å²) in [4.78, 5) is 3.94. The fourth-order valence-corrected chi connectivity index (χ4v) is 2.90. The average molecular weight is 367 g/mol. The second kappa shape index (κ2) is 6.00. The predicted octanol–water partition coefficient (Wildman–Crippen LogP) is 4.71. The third kappa shape index (κ3) is 2.81. The molecule has 0 bridgehead atoms. The van der Waals surface area contributed by atoms with Crippen molar-refractivity contribution in [3.8, 4) is 6.07 Å². The van der Waals surface area contributed by atoms with Crippen LogP contribution < -0.4 is 0 Å². The van der Waals surface area contributed by atoms with Crippen LogP contribution in [0.2, 0.25) is 10.0 Å². The maximum absolute atomic E-state index is 13.6. The summed E-state index contributed by atoms with van der Waals surface area (Å²) in [6.07, 6.45) is 0. The van der Waals surface area contributed by atoms with Crippen molar-refractivity contribution in [1.29, 1.82) is 5.26 Å². The van der Waals surface area contributed by atoms with Crippen LogP contribution in [0.3, 0.4) is 0 Å². The Morgan fingerprint density at radius 1 is 1.21 bits per heavy atom. The monoisotopic (exact) mass is 366 g/mol. The van der Waals surface area contributed by atoms with Gasteiger partial charge in [0.25, 0.3) is 0 Å². The van der Waals surface area contributed by atoms with Crippen molar-refractivity contribution in [2.24, 2.45) is 0 Å². The van der Waals surface area contributed by atoms with Gasteiger partial charge in [0, 0.05) is 21.0 Å². The van der Waals surface area contributed by atoms with Gasteiger partial charge in [-0.25, -0.2) is 9.67 Å². The van der Waals surface area contributed by atoms with Crippen molar-refractivity contribution in [2.45, 2.75) is 19.4 Å². The largest absolute Gasteiger partial charge is 0.373 e. The maximum Gasteiger partial charge on any atom is 0.373 e. The highest BCUT2D eigenvalue weighted by Gasteiger charge is 2.33. The number of pyridine rings is 1. The number of nitriles is 1. The Labute approximate surface area is 146 Å². The highest BCUT2D eigenvalue weighted by Crippen LogP contribution is 2.29. The van der Waals surface area contributed by atoms with Gasteiger partial charge in [0.1, 0.15) is 11.8 Å². The van der Waals surface area contributed by atoms with Gasteiger partial charge in [0.05, 0.1) is 12.2 Å². The molecule has 24 heavy (non-hydrogen) atoms. The summed E-state index contributed by atoms with van der Waals surface area (Å²) in [6, 6.07) is 8.64. The minimum absolute atomic E-state index is 0.178. The summed E-state index contributed by atoms with van der Waals surface area (Å²) in [5, 5.41) is 14.4. The van der Waals surface area contributed by atoms with Crippen LogP contribution in [0.4, 0.5) is 8.78 Å². The lowest BCUT2D eigenvalue weighted by Crippen LogP contribution is -2.13. The molecule has 1 aromatic carbocycles. The molecule has 0 aliphatic heterocycles. The molecule has 122 valence electrons. The third-order valence-corrected chi connectivity index (χ3v) is 4.32. The Morgan fingerprint density at radius 2 is 1.88 bits per heavy atom. The van der Waals surface area contributed by atoms with Crippen molar-refractivity contribution in [1.82, 2.24) is 14.8 Å². The predicted molar refractivity (Wildman–Crippen MR) is 87.3 cm³/mol. The maximum atomic E-state index is 13.6. The van der Waals surface area contributed by atoms with E-state index >= 15 is 0 Å². The second-order valence-corrected chi connectivity index (χ2v) is 6.01. The lowest BCUT2D eigenvalue weighted by atomic mass is 10.2. The quantitative estimate of drug-likeness (QED) is 0.674. The molecule has 2 heterocycles. The number of hydrogen-bond donors (Lipinski definition) is 0. The summed E-state index contributed by atoms with van der Waals surface area (Å²) in [6.45, 7) is 1.92. The van der Waals surface area contributed by atoms with E-state index in [9.17, 15) is 8.78 Å². The van der Waals surface area contributed by atoms with Crippen LogP contribution in [0.1, 0.15) is 17.0 Å². The Balaban J connectivity index is 2.15. The smallest absolute Gasteiger partial charge is 0.242 e. The van der Waals surface area contributed by atoms with Crippen LogP contribution in [-0.2, 0) is 12.5 Å². The molecule has 0 amide bonds. The van der Waals surface area contributed by atoms with Crippen molar-refractivity contribution in [3.63, 3.8) is 0 Å². The van der Waals surface area contributed by atoms with Crippen molar-refractivity contribution in [2.75, 3.05) is 0 Å². The Kier molecular flexibility index (Phi) is 4.16. The van der Waals surface area contributed by atoms with Gasteiger partial charge in [-0.05, 0) is 31.2 Å². The van der Waals surface area contributed by atoms with E-state index in [1.807, 2.05) is 0 Å². The first-order valence-corrected chi connectivity index (χ1v) is 7.65. The Morgan fingerprint density at radius 3 is 2.50 bits per heavy atom. The minimum atomic E-state index is -3.67. The molecular weight excluding hydrogens is 357 g/mol. The van der Waals surface area contributed by atoms with Crippen LogP contribution in [0, 0.1) is 18.3 Å². The summed E-state index contributed by atoms with van der Waals surface area (Å²) in [7, 11) is 0. The molecule has 0 unspecified atom stereocenters. The molecule has 0 aliphatic carbocycles. The number of aryl methyl sites for hydroxylation is 1. The molecule has 0 N–H and O–H groups in total. The summed E-state index contributed by atoms with van der Waals surface area (Å²) in [5.74, 6) is -3.67. The van der Waals surface area contributed by atoms with Crippen molar-refractivity contribution in [3.05, 3.63) is 57.3 Å². The SMILES string of the molecule is Cc1nn(Cc2c(Cl)cccc2Cl)c2nc(C(F)(F)C#N)ccc12. The molecule has 0 radical (unpaired) electrons. The van der Waals surface area contributed by atoms with Crippen LogP contribution in [0.25, 0.3) is 11.0 Å². The third-order valence-electron chi connectivity index (χ3n) is 3.61. The Hall–Kier alpha value is -2.23. The topological polar surface area (TPSA) is 54.5 Å². The zero-order valence-corrected chi connectivity index (χ0v) is 13.9. The first-order chi connectivity index (χ1) is 11.3. The van der Waals surface area contributed by atoms with E-state index in [0.717, 1.165) is 12.1 Å². The number of rotatable bonds is 3. The van der Waals surface area contributed by atoms with Gasteiger partial charge in [0.15, 0.2) is 5.65 Å². The molecule has 0 fully saturated rings. The highest BCUT2D eigenvalue weighted by molar-refractivity contribution is 6.36. The molecule has 0 spiro atoms. The van der Waals surface area contributed by atoms with Crippen LogP contribution in [0.15, 0.2) is 30.3 Å². The molecule has 0 aliphatic rings. The molecule has 3 aromatic rings. The normalized spacial score (nSPS) is 11.7. The number of aromatic nitrogens is 3. The van der Waals surface area contributed by atoms with E-state index in [4.69, 9.17) is 28.5 Å². The minimum Gasteiger partial charge on any atom is -0.242 e. The number of nitrogens with zero attached hydrogens (tertiary/aromatic N) is 4. The summed E-state index contributed by atoms with van der Waals surface area (Å²) >= 11 is 12.3. The highest BCUT2D eigenvalue weighted by atomic mass is 35.5. The molecule has 0 atom stereocenters. The first-order valence-electron chi connectivity index (χ1n) is 6.90. The molecular formula is C16H10Cl2F2N4. The van der Waals surface area contributed by atoms with Crippen LogP contribution in [-0.4, -0.2) is 14.8 Å². The molecule has 4 nitrogen and oxygen atoms in total. The number of fused-ring (bicyclic) bond motifs is 1. The van der Waals surface area contributed by atoms with Gasteiger partial charge in [-0.3, -0.25) is 0 Å². The fourth-order valence-electron chi connectivity index (χ4n) is 2.39. The Bertz CT molecular complexity index is 956. The van der Waals surface area contributed by atoms with E-state index in [1.165, 1.54) is 10.7 Å². The van der Waals surface area contributed by atoms with Gasteiger partial charge >= 0.3 is 5.92 Å². The molecule has 0 saturated carbocycles. The fraction of sp³-hybridized carbons (Fsp3) is 0.188. The summed E-state index contributed by atoms with van der Waals surface area (Å²) in [5.41, 5.74) is 0.872. The number of hydrogen-bond acceptors (Lipinski definition) is 3. The molecule has 3 rings (SSSR count). The number of halogens is 4. The van der Waals surface area contributed by atoms with Crippen molar-refractivity contribution < 1.29 is 8.78 Å². The first kappa shape index (κ1) is 16.6. The van der Waals surface area contributed by atoms with Crippen molar-refractivity contribution >= 4 is 34.2 Å². The lowest BCUT2D eigenvalue weighted by Gasteiger charge is -2.09. The molecule has 2 aromatic heterocycles. The van der Waals surface area contributed by atoms with E-state index in [0.29, 0.717) is 26.7 Å². The van der Waals surface area contributed by atoms with Gasteiger partial charge < -0.3 is 0 Å². The van der Waals surface area contributed by atoms with Crippen LogP contribution >= 0.6 is 23.2 Å². The van der Waals surface area contributed by atoms with Gasteiger partial charge in [-0.2, -0.15) is 19.1 Å². The van der Waals surface area contributed by atoms with E-state index in [1.54, 1.807) is 25.1 Å². The van der Waals surface area contributed by atoms with Gasteiger partial charge in [-0.15, -0.1) is 0 Å². The van der Waals surface area contributed by atoms with Crippen LogP contribution in [0.5, 0.6) is 0 Å². The standard InChI is InChI=1S/C16H10Cl2F2N4/c1-9-10-5-6-14(16(19,20)8-21)22-15(10)24(23-9)7-11-12(17)3-2-4-13(11)18/h2-6H,7H2,1H3.